The molecular formula is C20H15ClN2O6S. The monoisotopic (exact) mass is 446 g/mol. The Kier molecular flexibility index (Phi) is 6.04. The number of aromatic carboxylic acids is 1. The molecule has 154 valence electrons. The maximum absolute atomic E-state index is 13.1. The van der Waals surface area contributed by atoms with Crippen LogP contribution in [0.5, 0.6) is 11.5 Å². The third kappa shape index (κ3) is 3.98. The van der Waals surface area contributed by atoms with Gasteiger partial charge in [-0.1, -0.05) is 17.7 Å². The molecule has 0 radical (unpaired) electrons. The fraction of sp³-hybridized carbons (Fsp3) is 0.100. The highest BCUT2D eigenvalue weighted by molar-refractivity contribution is 7.80. The second-order valence-corrected chi connectivity index (χ2v) is 6.85. The highest BCUT2D eigenvalue weighted by Crippen LogP contribution is 2.37. The van der Waals surface area contributed by atoms with Gasteiger partial charge in [0.25, 0.3) is 11.8 Å². The van der Waals surface area contributed by atoms with Crippen molar-refractivity contribution in [3.63, 3.8) is 0 Å². The van der Waals surface area contributed by atoms with Gasteiger partial charge >= 0.3 is 5.97 Å². The van der Waals surface area contributed by atoms with Gasteiger partial charge in [0.05, 0.1) is 30.5 Å². The van der Waals surface area contributed by atoms with E-state index < -0.39 is 17.8 Å². The molecule has 0 saturated carbocycles. The van der Waals surface area contributed by atoms with Gasteiger partial charge in [0.15, 0.2) is 16.6 Å². The van der Waals surface area contributed by atoms with Crippen LogP contribution >= 0.6 is 23.8 Å². The van der Waals surface area contributed by atoms with Gasteiger partial charge in [-0.05, 0) is 54.2 Å². The number of carboxylic acids is 1. The number of carbonyl (C=O) groups excluding carboxylic acids is 2. The first-order chi connectivity index (χ1) is 14.3. The van der Waals surface area contributed by atoms with Crippen molar-refractivity contribution in [1.29, 1.82) is 0 Å². The fourth-order valence-corrected chi connectivity index (χ4v) is 3.44. The molecule has 2 aromatic rings. The Bertz CT molecular complexity index is 1110. The molecule has 1 fully saturated rings. The van der Waals surface area contributed by atoms with Crippen LogP contribution in [0, 0.1) is 0 Å². The molecule has 2 aromatic carbocycles. The summed E-state index contributed by atoms with van der Waals surface area (Å²) in [7, 11) is 2.86. The zero-order valence-electron chi connectivity index (χ0n) is 15.8. The maximum atomic E-state index is 13.1. The third-order valence-electron chi connectivity index (χ3n) is 4.22. The Morgan fingerprint density at radius 3 is 2.57 bits per heavy atom. The van der Waals surface area contributed by atoms with Crippen LogP contribution in [0.4, 0.5) is 5.69 Å². The van der Waals surface area contributed by atoms with E-state index in [1.807, 2.05) is 0 Å². The van der Waals surface area contributed by atoms with Gasteiger partial charge < -0.3 is 14.6 Å². The second kappa shape index (κ2) is 8.52. The van der Waals surface area contributed by atoms with Crippen molar-refractivity contribution >= 4 is 58.5 Å². The van der Waals surface area contributed by atoms with Crippen LogP contribution in [-0.2, 0) is 9.59 Å². The van der Waals surface area contributed by atoms with Crippen molar-refractivity contribution in [3.05, 3.63) is 58.1 Å². The van der Waals surface area contributed by atoms with Gasteiger partial charge in [0.2, 0.25) is 0 Å². The molecule has 0 aromatic heterocycles. The lowest BCUT2D eigenvalue weighted by molar-refractivity contribution is -0.122. The van der Waals surface area contributed by atoms with E-state index in [2.05, 4.69) is 5.32 Å². The number of benzene rings is 2. The minimum absolute atomic E-state index is 0.0304. The minimum atomic E-state index is -1.16. The number of hydrogen-bond acceptors (Lipinski definition) is 6. The van der Waals surface area contributed by atoms with E-state index in [1.165, 1.54) is 50.6 Å². The summed E-state index contributed by atoms with van der Waals surface area (Å²) in [6, 6.07) is 8.72. The first-order valence-electron chi connectivity index (χ1n) is 8.43. The molecule has 0 bridgehead atoms. The lowest BCUT2D eigenvalue weighted by atomic mass is 10.1. The topological polar surface area (TPSA) is 105 Å². The molecule has 0 atom stereocenters. The number of hydrogen-bond donors (Lipinski definition) is 2. The van der Waals surface area contributed by atoms with Gasteiger partial charge in [0.1, 0.15) is 5.57 Å². The van der Waals surface area contributed by atoms with Gasteiger partial charge in [0, 0.05) is 0 Å². The smallest absolute Gasteiger partial charge is 0.335 e. The zero-order chi connectivity index (χ0) is 22.0. The lowest BCUT2D eigenvalue weighted by Crippen LogP contribution is -2.54. The number of nitrogens with zero attached hydrogens (tertiary/aromatic N) is 1. The van der Waals surface area contributed by atoms with Crippen molar-refractivity contribution in [2.75, 3.05) is 19.1 Å². The summed E-state index contributed by atoms with van der Waals surface area (Å²) >= 11 is 11.3. The molecule has 30 heavy (non-hydrogen) atoms. The van der Waals surface area contributed by atoms with Crippen LogP contribution in [0.15, 0.2) is 42.0 Å². The third-order valence-corrected chi connectivity index (χ3v) is 4.79. The summed E-state index contributed by atoms with van der Waals surface area (Å²) < 4.78 is 10.4. The van der Waals surface area contributed by atoms with E-state index >= 15 is 0 Å². The fourth-order valence-electron chi connectivity index (χ4n) is 2.86. The van der Waals surface area contributed by atoms with E-state index in [4.69, 9.17) is 33.3 Å². The second-order valence-electron chi connectivity index (χ2n) is 6.05. The van der Waals surface area contributed by atoms with E-state index in [-0.39, 0.29) is 27.0 Å². The molecule has 1 aliphatic heterocycles. The number of rotatable bonds is 5. The van der Waals surface area contributed by atoms with Crippen LogP contribution in [0.3, 0.4) is 0 Å². The molecule has 0 aliphatic carbocycles. The summed E-state index contributed by atoms with van der Waals surface area (Å²) in [5.74, 6) is -1.93. The Hall–Kier alpha value is -3.43. The summed E-state index contributed by atoms with van der Waals surface area (Å²) in [5.41, 5.74) is 0.383. The molecule has 0 spiro atoms. The molecule has 8 nitrogen and oxygen atoms in total. The highest BCUT2D eigenvalue weighted by Gasteiger charge is 2.34. The predicted molar refractivity (Wildman–Crippen MR) is 114 cm³/mol. The summed E-state index contributed by atoms with van der Waals surface area (Å²) in [5, 5.41) is 11.7. The molecule has 1 aliphatic rings. The van der Waals surface area contributed by atoms with Gasteiger partial charge in [-0.15, -0.1) is 0 Å². The van der Waals surface area contributed by atoms with E-state index in [0.717, 1.165) is 4.90 Å². The summed E-state index contributed by atoms with van der Waals surface area (Å²) in [6.07, 6.45) is 1.33. The molecular weight excluding hydrogens is 432 g/mol. The van der Waals surface area contributed by atoms with Crippen molar-refractivity contribution in [1.82, 2.24) is 5.32 Å². The zero-order valence-corrected chi connectivity index (χ0v) is 17.3. The van der Waals surface area contributed by atoms with Gasteiger partial charge in [-0.25, -0.2) is 4.79 Å². The van der Waals surface area contributed by atoms with Crippen molar-refractivity contribution in [2.24, 2.45) is 0 Å². The van der Waals surface area contributed by atoms with Gasteiger partial charge in [-0.3, -0.25) is 19.8 Å². The molecule has 2 N–H and O–H groups in total. The number of nitrogens with one attached hydrogen (secondary N) is 1. The number of halogens is 1. The molecule has 0 unspecified atom stereocenters. The molecule has 1 saturated heterocycles. The van der Waals surface area contributed by atoms with Crippen LogP contribution in [0.2, 0.25) is 5.02 Å². The first-order valence-corrected chi connectivity index (χ1v) is 9.21. The Labute approximate surface area is 181 Å². The Balaban J connectivity index is 2.06. The Morgan fingerprint density at radius 1 is 1.20 bits per heavy atom. The number of ether oxygens (including phenoxy) is 2. The van der Waals surface area contributed by atoms with Crippen molar-refractivity contribution < 1.29 is 29.0 Å². The molecule has 1 heterocycles. The van der Waals surface area contributed by atoms with Crippen molar-refractivity contribution in [2.45, 2.75) is 0 Å². The standard InChI is InChI=1S/C20H15ClN2O6S/c1-28-15-8-10(7-14(21)16(15)29-2)6-13-17(24)22-20(30)23(18(13)25)12-5-3-4-11(9-12)19(26)27/h3-9H,1-2H3,(H,26,27)(H,22,24,30). The average molecular weight is 447 g/mol. The van der Waals surface area contributed by atoms with E-state index in [1.54, 1.807) is 6.07 Å². The van der Waals surface area contributed by atoms with E-state index in [0.29, 0.717) is 17.1 Å². The summed E-state index contributed by atoms with van der Waals surface area (Å²) in [6.45, 7) is 0. The minimum Gasteiger partial charge on any atom is -0.493 e. The van der Waals surface area contributed by atoms with Crippen molar-refractivity contribution in [3.8, 4) is 11.5 Å². The van der Waals surface area contributed by atoms with E-state index in [9.17, 15) is 19.5 Å². The molecule has 10 heteroatoms. The Morgan fingerprint density at radius 2 is 1.93 bits per heavy atom. The number of carboxylic acid groups (broad SMARTS) is 1. The van der Waals surface area contributed by atoms with Crippen LogP contribution in [0.25, 0.3) is 6.08 Å². The number of methoxy groups -OCH3 is 2. The largest absolute Gasteiger partial charge is 0.493 e. The summed E-state index contributed by atoms with van der Waals surface area (Å²) in [4.78, 5) is 37.8. The molecule has 3 rings (SSSR count). The number of amides is 2. The number of anilines is 1. The predicted octanol–water partition coefficient (Wildman–Crippen LogP) is 2.89. The highest BCUT2D eigenvalue weighted by atomic mass is 35.5. The van der Waals surface area contributed by atoms with Crippen LogP contribution in [-0.4, -0.2) is 42.2 Å². The number of carbonyl (C=O) groups is 3. The average Bonchev–Trinajstić information content (AvgIpc) is 2.70. The van der Waals surface area contributed by atoms with Gasteiger partial charge in [-0.2, -0.15) is 0 Å². The number of thiocarbonyl (C=S) groups is 1. The maximum Gasteiger partial charge on any atom is 0.335 e. The molecule has 2 amide bonds. The first kappa shape index (κ1) is 21.3. The van der Waals surface area contributed by atoms with Crippen LogP contribution < -0.4 is 19.7 Å². The SMILES string of the molecule is COc1cc(C=C2C(=O)NC(=S)N(c3cccc(C(=O)O)c3)C2=O)cc(Cl)c1OC. The quantitative estimate of drug-likeness (QED) is 0.413. The normalized spacial score (nSPS) is 15.2. The van der Waals surface area contributed by atoms with Crippen LogP contribution in [0.1, 0.15) is 15.9 Å². The lowest BCUT2D eigenvalue weighted by Gasteiger charge is -2.29.